The van der Waals surface area contributed by atoms with E-state index in [1.807, 2.05) is 0 Å². The number of aryl methyl sites for hydroxylation is 1. The molecule has 1 heterocycles. The van der Waals surface area contributed by atoms with Crippen molar-refractivity contribution in [1.29, 1.82) is 0 Å². The second-order valence-corrected chi connectivity index (χ2v) is 13.4. The van der Waals surface area contributed by atoms with Crippen molar-refractivity contribution < 1.29 is 21.6 Å². The van der Waals surface area contributed by atoms with E-state index >= 15 is 0 Å². The molecule has 198 valence electrons. The molecule has 1 fully saturated rings. The molecule has 0 bridgehead atoms. The van der Waals surface area contributed by atoms with Crippen molar-refractivity contribution in [1.82, 2.24) is 4.31 Å². The summed E-state index contributed by atoms with van der Waals surface area (Å²) in [6.07, 6.45) is 0. The number of rotatable bonds is 7. The van der Waals surface area contributed by atoms with E-state index in [2.05, 4.69) is 10.0 Å². The molecule has 8 nitrogen and oxygen atoms in total. The van der Waals surface area contributed by atoms with Crippen LogP contribution in [0.5, 0.6) is 0 Å². The van der Waals surface area contributed by atoms with Gasteiger partial charge in [0.25, 0.3) is 15.9 Å². The van der Waals surface area contributed by atoms with Gasteiger partial charge in [0, 0.05) is 35.3 Å². The van der Waals surface area contributed by atoms with Gasteiger partial charge in [0.2, 0.25) is 10.0 Å². The van der Waals surface area contributed by atoms with E-state index in [9.17, 15) is 21.6 Å². The number of nitrogens with zero attached hydrogens (tertiary/aromatic N) is 1. The van der Waals surface area contributed by atoms with E-state index in [-0.39, 0.29) is 33.4 Å². The summed E-state index contributed by atoms with van der Waals surface area (Å²) in [5, 5.41) is 3.12. The quantitative estimate of drug-likeness (QED) is 0.400. The Bertz CT molecular complexity index is 1480. The SMILES string of the molecule is Cc1ccc(NS(=O)(=O)c2ccc(Cl)cc2)c(C(=O)Nc2ccc(S(=O)(=O)N3CCSCC3)cc2)c1.Cl. The fraction of sp³-hybridized carbons (Fsp3) is 0.208. The summed E-state index contributed by atoms with van der Waals surface area (Å²) >= 11 is 7.57. The van der Waals surface area contributed by atoms with E-state index in [0.29, 0.717) is 23.8 Å². The standard InChI is InChI=1S/C24H24ClN3O5S3.ClH/c1-17-2-11-23(27-35(30,31)20-7-3-18(25)4-8-20)22(16-17)24(29)26-19-5-9-21(10-6-19)36(32,33)28-12-14-34-15-13-28;/h2-11,16,27H,12-15H2,1H3,(H,26,29);1H. The second-order valence-electron chi connectivity index (χ2n) is 8.10. The zero-order valence-corrected chi connectivity index (χ0v) is 23.7. The van der Waals surface area contributed by atoms with Gasteiger partial charge in [-0.1, -0.05) is 23.2 Å². The van der Waals surface area contributed by atoms with Crippen LogP contribution in [0.2, 0.25) is 5.02 Å². The average Bonchev–Trinajstić information content (AvgIpc) is 2.86. The fourth-order valence-electron chi connectivity index (χ4n) is 3.60. The number of nitrogens with one attached hydrogen (secondary N) is 2. The molecule has 0 radical (unpaired) electrons. The fourth-order valence-corrected chi connectivity index (χ4v) is 7.38. The van der Waals surface area contributed by atoms with Crippen LogP contribution in [-0.4, -0.2) is 51.6 Å². The first kappa shape index (κ1) is 29.3. The molecule has 13 heteroatoms. The number of benzene rings is 3. The second kappa shape index (κ2) is 12.1. The van der Waals surface area contributed by atoms with Gasteiger partial charge in [-0.15, -0.1) is 12.4 Å². The van der Waals surface area contributed by atoms with E-state index in [4.69, 9.17) is 11.6 Å². The average molecular weight is 603 g/mol. The smallest absolute Gasteiger partial charge is 0.261 e. The number of amides is 1. The van der Waals surface area contributed by atoms with Gasteiger partial charge in [0.15, 0.2) is 0 Å². The zero-order valence-electron chi connectivity index (χ0n) is 19.7. The van der Waals surface area contributed by atoms with Gasteiger partial charge in [0.05, 0.1) is 21.0 Å². The summed E-state index contributed by atoms with van der Waals surface area (Å²) in [6.45, 7) is 2.72. The number of carbonyl (C=O) groups excluding carboxylic acids is 1. The van der Waals surface area contributed by atoms with Gasteiger partial charge >= 0.3 is 0 Å². The summed E-state index contributed by atoms with van der Waals surface area (Å²) in [6, 6.07) is 16.4. The van der Waals surface area contributed by atoms with Crippen LogP contribution in [0.15, 0.2) is 76.5 Å². The molecule has 0 spiro atoms. The Kier molecular flexibility index (Phi) is 9.54. The van der Waals surface area contributed by atoms with E-state index in [1.54, 1.807) is 30.8 Å². The molecule has 1 saturated heterocycles. The summed E-state index contributed by atoms with van der Waals surface area (Å²) in [5.74, 6) is 0.971. The first-order valence-electron chi connectivity index (χ1n) is 10.9. The van der Waals surface area contributed by atoms with Crippen LogP contribution in [0.1, 0.15) is 15.9 Å². The van der Waals surface area contributed by atoms with Gasteiger partial charge in [0.1, 0.15) is 0 Å². The van der Waals surface area contributed by atoms with Crippen molar-refractivity contribution in [2.45, 2.75) is 16.7 Å². The Morgan fingerprint density at radius 3 is 2.11 bits per heavy atom. The Morgan fingerprint density at radius 1 is 0.892 bits per heavy atom. The molecule has 2 N–H and O–H groups in total. The highest BCUT2D eigenvalue weighted by atomic mass is 35.5. The molecule has 1 aliphatic heterocycles. The summed E-state index contributed by atoms with van der Waals surface area (Å²) in [4.78, 5) is 13.2. The van der Waals surface area contributed by atoms with Crippen molar-refractivity contribution in [3.63, 3.8) is 0 Å². The molecule has 4 rings (SSSR count). The molecule has 1 amide bonds. The summed E-state index contributed by atoms with van der Waals surface area (Å²) in [5.41, 5.74) is 1.36. The van der Waals surface area contributed by atoms with Gasteiger partial charge < -0.3 is 5.32 Å². The van der Waals surface area contributed by atoms with Crippen molar-refractivity contribution in [2.75, 3.05) is 34.6 Å². The maximum Gasteiger partial charge on any atom is 0.261 e. The summed E-state index contributed by atoms with van der Waals surface area (Å²) < 4.78 is 55.3. The highest BCUT2D eigenvalue weighted by Gasteiger charge is 2.26. The minimum Gasteiger partial charge on any atom is -0.322 e. The number of anilines is 2. The lowest BCUT2D eigenvalue weighted by Gasteiger charge is -2.25. The first-order valence-corrected chi connectivity index (χ1v) is 15.4. The number of hydrogen-bond donors (Lipinski definition) is 2. The monoisotopic (exact) mass is 601 g/mol. The lowest BCUT2D eigenvalue weighted by molar-refractivity contribution is 0.102. The van der Waals surface area contributed by atoms with Crippen LogP contribution >= 0.6 is 35.8 Å². The topological polar surface area (TPSA) is 113 Å². The number of carbonyl (C=O) groups is 1. The van der Waals surface area contributed by atoms with Crippen LogP contribution < -0.4 is 10.0 Å². The molecule has 0 aliphatic carbocycles. The Morgan fingerprint density at radius 2 is 1.49 bits per heavy atom. The van der Waals surface area contributed by atoms with Gasteiger partial charge in [-0.25, -0.2) is 16.8 Å². The van der Waals surface area contributed by atoms with Crippen LogP contribution in [-0.2, 0) is 20.0 Å². The maximum absolute atomic E-state index is 13.1. The molecule has 0 aromatic heterocycles. The van der Waals surface area contributed by atoms with E-state index < -0.39 is 26.0 Å². The molecule has 37 heavy (non-hydrogen) atoms. The van der Waals surface area contributed by atoms with Crippen molar-refractivity contribution in [3.8, 4) is 0 Å². The summed E-state index contributed by atoms with van der Waals surface area (Å²) in [7, 11) is -7.56. The van der Waals surface area contributed by atoms with Crippen molar-refractivity contribution in [3.05, 3.63) is 82.9 Å². The Labute approximate surface area is 232 Å². The normalized spacial score (nSPS) is 14.4. The largest absolute Gasteiger partial charge is 0.322 e. The Hall–Kier alpha value is -2.28. The molecule has 0 saturated carbocycles. The molecule has 1 aliphatic rings. The van der Waals surface area contributed by atoms with Crippen LogP contribution in [0.4, 0.5) is 11.4 Å². The van der Waals surface area contributed by atoms with Crippen molar-refractivity contribution in [2.24, 2.45) is 0 Å². The van der Waals surface area contributed by atoms with Crippen LogP contribution in [0.25, 0.3) is 0 Å². The Balaban J connectivity index is 0.00000380. The first-order chi connectivity index (χ1) is 17.1. The van der Waals surface area contributed by atoms with Crippen molar-refractivity contribution >= 4 is 73.1 Å². The molecule has 3 aromatic rings. The van der Waals surface area contributed by atoms with Gasteiger partial charge in [-0.3, -0.25) is 9.52 Å². The molecule has 3 aromatic carbocycles. The predicted molar refractivity (Wildman–Crippen MR) is 151 cm³/mol. The van der Waals surface area contributed by atoms with E-state index in [0.717, 1.165) is 17.1 Å². The molecular formula is C24H25Cl2N3O5S3. The minimum atomic E-state index is -3.97. The zero-order chi connectivity index (χ0) is 25.9. The molecule has 0 unspecified atom stereocenters. The predicted octanol–water partition coefficient (Wildman–Crippen LogP) is 4.86. The van der Waals surface area contributed by atoms with Gasteiger partial charge in [-0.2, -0.15) is 16.1 Å². The van der Waals surface area contributed by atoms with Gasteiger partial charge in [-0.05, 0) is 67.6 Å². The lowest BCUT2D eigenvalue weighted by Crippen LogP contribution is -2.37. The third-order valence-corrected chi connectivity index (χ3v) is 10.00. The third kappa shape index (κ3) is 6.98. The minimum absolute atomic E-state index is 0. The molecule has 0 atom stereocenters. The molecular weight excluding hydrogens is 577 g/mol. The number of hydrogen-bond acceptors (Lipinski definition) is 6. The van der Waals surface area contributed by atoms with E-state index in [1.165, 1.54) is 58.9 Å². The third-order valence-electron chi connectivity index (χ3n) is 5.51. The highest BCUT2D eigenvalue weighted by Crippen LogP contribution is 2.25. The lowest BCUT2D eigenvalue weighted by atomic mass is 10.1. The number of thioether (sulfide) groups is 1. The maximum atomic E-state index is 13.1. The number of sulfonamides is 2. The van der Waals surface area contributed by atoms with Crippen LogP contribution in [0, 0.1) is 6.92 Å². The van der Waals surface area contributed by atoms with Crippen LogP contribution in [0.3, 0.4) is 0 Å². The number of halogens is 2. The highest BCUT2D eigenvalue weighted by molar-refractivity contribution is 7.99.